The van der Waals surface area contributed by atoms with Gasteiger partial charge >= 0.3 is 0 Å². The van der Waals surface area contributed by atoms with E-state index in [0.717, 1.165) is 0 Å². The topological polar surface area (TPSA) is 106 Å². The number of fused-ring (bicyclic) bond motifs is 3. The van der Waals surface area contributed by atoms with Crippen LogP contribution >= 0.6 is 0 Å². The molecule has 2 heterocycles. The molecular weight excluding hydrogens is 476 g/mol. The van der Waals surface area contributed by atoms with Gasteiger partial charge in [-0.25, -0.2) is 20.8 Å². The maximum Gasteiger partial charge on any atom is 0.268 e. The van der Waals surface area contributed by atoms with E-state index >= 15 is 0 Å². The van der Waals surface area contributed by atoms with Crippen molar-refractivity contribution in [2.24, 2.45) is 0 Å². The van der Waals surface area contributed by atoms with Crippen molar-refractivity contribution < 1.29 is 26.7 Å². The molecule has 176 valence electrons. The van der Waals surface area contributed by atoms with Crippen molar-refractivity contribution in [2.45, 2.75) is 22.8 Å². The molecule has 0 bridgehead atoms. The zero-order valence-corrected chi connectivity index (χ0v) is 19.9. The van der Waals surface area contributed by atoms with Gasteiger partial charge in [0.05, 0.1) is 34.7 Å². The molecule has 4 aromatic rings. The lowest BCUT2D eigenvalue weighted by atomic mass is 10.0. The van der Waals surface area contributed by atoms with Gasteiger partial charge in [-0.1, -0.05) is 36.4 Å². The monoisotopic (exact) mass is 498 g/mol. The summed E-state index contributed by atoms with van der Waals surface area (Å²) in [7, 11) is -6.53. The lowest BCUT2D eigenvalue weighted by Gasteiger charge is -2.27. The van der Waals surface area contributed by atoms with Crippen LogP contribution in [0.1, 0.15) is 11.3 Å². The largest absolute Gasteiger partial charge is 0.504 e. The van der Waals surface area contributed by atoms with Crippen molar-refractivity contribution in [2.75, 3.05) is 13.7 Å². The zero-order valence-electron chi connectivity index (χ0n) is 18.2. The van der Waals surface area contributed by atoms with E-state index < -0.39 is 20.0 Å². The Morgan fingerprint density at radius 2 is 1.44 bits per heavy atom. The van der Waals surface area contributed by atoms with Gasteiger partial charge < -0.3 is 9.84 Å². The average molecular weight is 499 g/mol. The van der Waals surface area contributed by atoms with E-state index in [0.29, 0.717) is 28.6 Å². The highest BCUT2D eigenvalue weighted by molar-refractivity contribution is 7.90. The second kappa shape index (κ2) is 8.15. The Bertz CT molecular complexity index is 1600. The smallest absolute Gasteiger partial charge is 0.268 e. The first-order chi connectivity index (χ1) is 16.2. The zero-order chi connectivity index (χ0) is 24.1. The molecule has 3 aromatic carbocycles. The summed E-state index contributed by atoms with van der Waals surface area (Å²) >= 11 is 0. The number of phenols is 1. The number of aromatic nitrogens is 1. The van der Waals surface area contributed by atoms with Crippen LogP contribution in [0.2, 0.25) is 0 Å². The summed E-state index contributed by atoms with van der Waals surface area (Å²) < 4.78 is 61.9. The van der Waals surface area contributed by atoms with Gasteiger partial charge in [-0.3, -0.25) is 0 Å². The molecule has 1 N–H and O–H groups in total. The fourth-order valence-corrected chi connectivity index (χ4v) is 7.40. The van der Waals surface area contributed by atoms with Crippen LogP contribution in [0.4, 0.5) is 0 Å². The third-order valence-corrected chi connectivity index (χ3v) is 9.66. The molecular formula is C24H22N2O6S2. The SMILES string of the molecule is COc1cc2c(cc1O)c1c(n2S(=O)(=O)c2ccccc2)CN(S(=O)(=O)c2ccccc2)CC1. The quantitative estimate of drug-likeness (QED) is 0.452. The first kappa shape index (κ1) is 22.5. The third kappa shape index (κ3) is 3.46. The first-order valence-corrected chi connectivity index (χ1v) is 13.4. The summed E-state index contributed by atoms with van der Waals surface area (Å²) in [4.78, 5) is 0.219. The van der Waals surface area contributed by atoms with Crippen LogP contribution in [0.15, 0.2) is 82.6 Å². The molecule has 0 amide bonds. The van der Waals surface area contributed by atoms with E-state index in [9.17, 15) is 21.9 Å². The van der Waals surface area contributed by atoms with Crippen LogP contribution in [0.5, 0.6) is 11.5 Å². The maximum absolute atomic E-state index is 13.8. The standard InChI is InChI=1S/C24H22N2O6S2/c1-32-24-15-21-20(14-23(24)27)19-12-13-25(33(28,29)17-8-4-2-5-9-17)16-22(19)26(21)34(30,31)18-10-6-3-7-11-18/h2-11,14-15,27H,12-13,16H2,1H3. The fraction of sp³-hybridized carbons (Fsp3) is 0.167. The minimum atomic E-state index is -4.08. The predicted octanol–water partition coefficient (Wildman–Crippen LogP) is 3.34. The fourth-order valence-electron chi connectivity index (χ4n) is 4.39. The number of rotatable bonds is 5. The van der Waals surface area contributed by atoms with Crippen LogP contribution in [-0.4, -0.2) is 43.9 Å². The van der Waals surface area contributed by atoms with Crippen LogP contribution in [0, 0.1) is 0 Å². The Labute approximate surface area is 197 Å². The summed E-state index contributed by atoms with van der Waals surface area (Å²) in [6.07, 6.45) is 0.293. The van der Waals surface area contributed by atoms with Crippen LogP contribution in [0.25, 0.3) is 10.9 Å². The van der Waals surface area contributed by atoms with Gasteiger partial charge in [-0.2, -0.15) is 4.31 Å². The van der Waals surface area contributed by atoms with Crippen molar-refractivity contribution in [3.63, 3.8) is 0 Å². The number of aromatic hydroxyl groups is 1. The molecule has 34 heavy (non-hydrogen) atoms. The summed E-state index contributed by atoms with van der Waals surface area (Å²) in [5.74, 6) is 0.00650. The van der Waals surface area contributed by atoms with Crippen LogP contribution in [0.3, 0.4) is 0 Å². The normalized spacial score (nSPS) is 14.7. The number of ether oxygens (including phenoxy) is 1. The number of hydrogen-bond acceptors (Lipinski definition) is 6. The lowest BCUT2D eigenvalue weighted by molar-refractivity contribution is 0.374. The summed E-state index contributed by atoms with van der Waals surface area (Å²) in [5.41, 5.74) is 1.35. The molecule has 0 saturated heterocycles. The molecule has 0 radical (unpaired) electrons. The van der Waals surface area contributed by atoms with E-state index in [2.05, 4.69) is 0 Å². The van der Waals surface area contributed by atoms with E-state index in [1.165, 1.54) is 51.8 Å². The second-order valence-electron chi connectivity index (χ2n) is 7.95. The highest BCUT2D eigenvalue weighted by Gasteiger charge is 2.35. The number of hydrogen-bond donors (Lipinski definition) is 1. The molecule has 1 aliphatic rings. The molecule has 0 unspecified atom stereocenters. The van der Waals surface area contributed by atoms with E-state index in [1.54, 1.807) is 36.4 Å². The van der Waals surface area contributed by atoms with Gasteiger partial charge in [0.25, 0.3) is 10.0 Å². The van der Waals surface area contributed by atoms with Gasteiger partial charge in [-0.05, 0) is 42.3 Å². The molecule has 0 fully saturated rings. The number of phenolic OH excluding ortho intramolecular Hbond substituents is 1. The van der Waals surface area contributed by atoms with Gasteiger partial charge in [0.1, 0.15) is 0 Å². The summed E-state index contributed by atoms with van der Waals surface area (Å²) in [6.45, 7) is 0.0535. The first-order valence-electron chi connectivity index (χ1n) is 10.5. The predicted molar refractivity (Wildman–Crippen MR) is 127 cm³/mol. The number of benzene rings is 3. The van der Waals surface area contributed by atoms with E-state index in [4.69, 9.17) is 4.74 Å². The van der Waals surface area contributed by atoms with Gasteiger partial charge in [0.15, 0.2) is 11.5 Å². The molecule has 0 saturated carbocycles. The van der Waals surface area contributed by atoms with Crippen molar-refractivity contribution in [1.82, 2.24) is 8.28 Å². The third-order valence-electron chi connectivity index (χ3n) is 6.03. The Balaban J connectivity index is 1.75. The Morgan fingerprint density at radius 1 is 0.853 bits per heavy atom. The Hall–Kier alpha value is -3.34. The molecule has 1 aromatic heterocycles. The highest BCUT2D eigenvalue weighted by atomic mass is 32.2. The molecule has 8 nitrogen and oxygen atoms in total. The van der Waals surface area contributed by atoms with Gasteiger partial charge in [0.2, 0.25) is 10.0 Å². The maximum atomic E-state index is 13.8. The molecule has 0 spiro atoms. The van der Waals surface area contributed by atoms with Crippen molar-refractivity contribution in [1.29, 1.82) is 0 Å². The summed E-state index contributed by atoms with van der Waals surface area (Å²) in [5, 5.41) is 10.9. The molecule has 5 rings (SSSR count). The molecule has 10 heteroatoms. The molecule has 0 atom stereocenters. The number of nitrogens with zero attached hydrogens (tertiary/aromatic N) is 2. The lowest BCUT2D eigenvalue weighted by Crippen LogP contribution is -2.37. The van der Waals surface area contributed by atoms with Crippen LogP contribution in [-0.2, 0) is 33.0 Å². The van der Waals surface area contributed by atoms with Crippen LogP contribution < -0.4 is 4.74 Å². The minimum Gasteiger partial charge on any atom is -0.504 e. The van der Waals surface area contributed by atoms with E-state index in [1.807, 2.05) is 0 Å². The van der Waals surface area contributed by atoms with Gasteiger partial charge in [0, 0.05) is 18.0 Å². The summed E-state index contributed by atoms with van der Waals surface area (Å²) in [6, 6.07) is 19.0. The Kier molecular flexibility index (Phi) is 5.38. The van der Waals surface area contributed by atoms with Gasteiger partial charge in [-0.15, -0.1) is 0 Å². The molecule has 1 aliphatic heterocycles. The van der Waals surface area contributed by atoms with E-state index in [-0.39, 0.29) is 34.4 Å². The number of methoxy groups -OCH3 is 1. The minimum absolute atomic E-state index is 0.0739. The van der Waals surface area contributed by atoms with Crippen molar-refractivity contribution in [3.05, 3.63) is 84.1 Å². The molecule has 0 aliphatic carbocycles. The Morgan fingerprint density at radius 3 is 2.03 bits per heavy atom. The average Bonchev–Trinajstić information content (AvgIpc) is 3.17. The highest BCUT2D eigenvalue weighted by Crippen LogP contribution is 2.40. The van der Waals surface area contributed by atoms with Crippen molar-refractivity contribution >= 4 is 30.9 Å². The van der Waals surface area contributed by atoms with Crippen molar-refractivity contribution in [3.8, 4) is 11.5 Å². The second-order valence-corrected chi connectivity index (χ2v) is 11.7. The number of sulfonamides is 1.